The third-order valence-electron chi connectivity index (χ3n) is 3.91. The minimum Gasteiger partial charge on any atom is -0.334 e. The number of para-hydroxylation sites is 1. The number of hydrogen-bond acceptors (Lipinski definition) is 5. The SMILES string of the molecule is Cc1ccccc1-c1nc(-c2nnn(-c3ccccc3)c2C)no1. The van der Waals surface area contributed by atoms with Gasteiger partial charge in [0.05, 0.1) is 11.4 Å². The van der Waals surface area contributed by atoms with Gasteiger partial charge in [-0.1, -0.05) is 46.8 Å². The van der Waals surface area contributed by atoms with Crippen molar-refractivity contribution in [3.63, 3.8) is 0 Å². The van der Waals surface area contributed by atoms with Gasteiger partial charge in [-0.3, -0.25) is 0 Å². The summed E-state index contributed by atoms with van der Waals surface area (Å²) in [5, 5.41) is 12.5. The molecular formula is C18H15N5O. The van der Waals surface area contributed by atoms with Crippen LogP contribution in [-0.2, 0) is 0 Å². The summed E-state index contributed by atoms with van der Waals surface area (Å²) in [5.41, 5.74) is 4.42. The van der Waals surface area contributed by atoms with Crippen molar-refractivity contribution < 1.29 is 4.52 Å². The zero-order valence-electron chi connectivity index (χ0n) is 13.3. The third kappa shape index (κ3) is 2.38. The molecule has 2 heterocycles. The standard InChI is InChI=1S/C18H15N5O/c1-12-8-6-7-11-15(12)18-19-17(21-24-18)16-13(2)23(22-20-16)14-9-4-3-5-10-14/h3-11H,1-2H3. The molecule has 2 aromatic heterocycles. The van der Waals surface area contributed by atoms with Crippen LogP contribution in [0.25, 0.3) is 28.7 Å². The van der Waals surface area contributed by atoms with Crippen LogP contribution in [0.3, 0.4) is 0 Å². The summed E-state index contributed by atoms with van der Waals surface area (Å²) in [5.74, 6) is 0.921. The minimum absolute atomic E-state index is 0.438. The zero-order valence-corrected chi connectivity index (χ0v) is 13.3. The molecule has 0 saturated carbocycles. The summed E-state index contributed by atoms with van der Waals surface area (Å²) in [6, 6.07) is 17.7. The Bertz CT molecular complexity index is 988. The van der Waals surface area contributed by atoms with Crippen molar-refractivity contribution in [3.8, 4) is 28.7 Å². The van der Waals surface area contributed by atoms with E-state index in [1.807, 2.05) is 68.4 Å². The van der Waals surface area contributed by atoms with Crippen LogP contribution in [0.5, 0.6) is 0 Å². The monoisotopic (exact) mass is 317 g/mol. The second kappa shape index (κ2) is 5.73. The van der Waals surface area contributed by atoms with Gasteiger partial charge in [0, 0.05) is 5.56 Å². The molecule has 4 rings (SSSR count). The first-order valence-electron chi connectivity index (χ1n) is 7.62. The fourth-order valence-corrected chi connectivity index (χ4v) is 2.59. The van der Waals surface area contributed by atoms with Gasteiger partial charge in [-0.25, -0.2) is 4.68 Å². The summed E-state index contributed by atoms with van der Waals surface area (Å²) >= 11 is 0. The Hall–Kier alpha value is -3.28. The fraction of sp³-hybridized carbons (Fsp3) is 0.111. The Morgan fingerprint density at radius 3 is 2.46 bits per heavy atom. The zero-order chi connectivity index (χ0) is 16.5. The molecule has 0 radical (unpaired) electrons. The van der Waals surface area contributed by atoms with Crippen LogP contribution < -0.4 is 0 Å². The van der Waals surface area contributed by atoms with E-state index in [2.05, 4.69) is 20.5 Å². The lowest BCUT2D eigenvalue weighted by Gasteiger charge is -2.01. The van der Waals surface area contributed by atoms with Gasteiger partial charge in [0.25, 0.3) is 5.89 Å². The van der Waals surface area contributed by atoms with Crippen LogP contribution in [-0.4, -0.2) is 25.1 Å². The van der Waals surface area contributed by atoms with Gasteiger partial charge in [-0.2, -0.15) is 4.98 Å². The van der Waals surface area contributed by atoms with Crippen LogP contribution in [0.4, 0.5) is 0 Å². The Balaban J connectivity index is 1.74. The van der Waals surface area contributed by atoms with Crippen LogP contribution in [0, 0.1) is 13.8 Å². The molecule has 6 nitrogen and oxygen atoms in total. The Labute approximate surface area is 138 Å². The average Bonchev–Trinajstić information content (AvgIpc) is 3.23. The number of benzene rings is 2. The maximum Gasteiger partial charge on any atom is 0.258 e. The Morgan fingerprint density at radius 1 is 0.917 bits per heavy atom. The summed E-state index contributed by atoms with van der Waals surface area (Å²) in [4.78, 5) is 4.49. The van der Waals surface area contributed by atoms with Gasteiger partial charge in [-0.05, 0) is 37.6 Å². The van der Waals surface area contributed by atoms with Crippen molar-refractivity contribution in [2.75, 3.05) is 0 Å². The average molecular weight is 317 g/mol. The van der Waals surface area contributed by atoms with E-state index in [9.17, 15) is 0 Å². The van der Waals surface area contributed by atoms with Gasteiger partial charge >= 0.3 is 0 Å². The number of rotatable bonds is 3. The summed E-state index contributed by atoms with van der Waals surface area (Å²) in [6.07, 6.45) is 0. The first kappa shape index (κ1) is 14.3. The van der Waals surface area contributed by atoms with Gasteiger partial charge in [0.15, 0.2) is 5.69 Å². The van der Waals surface area contributed by atoms with E-state index in [1.165, 1.54) is 0 Å². The van der Waals surface area contributed by atoms with Crippen molar-refractivity contribution in [1.82, 2.24) is 25.1 Å². The van der Waals surface area contributed by atoms with E-state index in [-0.39, 0.29) is 0 Å². The molecule has 0 N–H and O–H groups in total. The molecular weight excluding hydrogens is 302 g/mol. The van der Waals surface area contributed by atoms with Gasteiger partial charge in [0.2, 0.25) is 5.82 Å². The fourth-order valence-electron chi connectivity index (χ4n) is 2.59. The van der Waals surface area contributed by atoms with Gasteiger partial charge in [0.1, 0.15) is 0 Å². The number of hydrogen-bond donors (Lipinski definition) is 0. The first-order chi connectivity index (χ1) is 11.7. The lowest BCUT2D eigenvalue weighted by atomic mass is 10.1. The summed E-state index contributed by atoms with van der Waals surface area (Å²) < 4.78 is 7.18. The van der Waals surface area contributed by atoms with E-state index in [4.69, 9.17) is 4.52 Å². The molecule has 0 amide bonds. The largest absolute Gasteiger partial charge is 0.334 e. The first-order valence-corrected chi connectivity index (χ1v) is 7.62. The summed E-state index contributed by atoms with van der Waals surface area (Å²) in [7, 11) is 0. The number of aryl methyl sites for hydroxylation is 1. The van der Waals surface area contributed by atoms with E-state index < -0.39 is 0 Å². The molecule has 2 aromatic carbocycles. The van der Waals surface area contributed by atoms with E-state index in [0.29, 0.717) is 17.4 Å². The topological polar surface area (TPSA) is 69.6 Å². The molecule has 0 fully saturated rings. The molecule has 0 bridgehead atoms. The van der Waals surface area contributed by atoms with Crippen molar-refractivity contribution in [1.29, 1.82) is 0 Å². The van der Waals surface area contributed by atoms with Crippen molar-refractivity contribution >= 4 is 0 Å². The molecule has 24 heavy (non-hydrogen) atoms. The molecule has 118 valence electrons. The molecule has 0 aliphatic rings. The van der Waals surface area contributed by atoms with Crippen LogP contribution in [0.2, 0.25) is 0 Å². The van der Waals surface area contributed by atoms with Gasteiger partial charge < -0.3 is 4.52 Å². The van der Waals surface area contributed by atoms with E-state index in [0.717, 1.165) is 22.5 Å². The van der Waals surface area contributed by atoms with Crippen LogP contribution in [0.15, 0.2) is 59.1 Å². The highest BCUT2D eigenvalue weighted by Crippen LogP contribution is 2.25. The highest BCUT2D eigenvalue weighted by atomic mass is 16.5. The molecule has 0 atom stereocenters. The van der Waals surface area contributed by atoms with E-state index in [1.54, 1.807) is 4.68 Å². The van der Waals surface area contributed by atoms with Crippen LogP contribution in [0.1, 0.15) is 11.3 Å². The van der Waals surface area contributed by atoms with Gasteiger partial charge in [-0.15, -0.1) is 5.10 Å². The lowest BCUT2D eigenvalue weighted by Crippen LogP contribution is -1.98. The highest BCUT2D eigenvalue weighted by molar-refractivity contribution is 5.61. The quantitative estimate of drug-likeness (QED) is 0.577. The lowest BCUT2D eigenvalue weighted by molar-refractivity contribution is 0.432. The van der Waals surface area contributed by atoms with Crippen LogP contribution >= 0.6 is 0 Å². The van der Waals surface area contributed by atoms with Crippen molar-refractivity contribution in [2.45, 2.75) is 13.8 Å². The Kier molecular flexibility index (Phi) is 3.42. The van der Waals surface area contributed by atoms with E-state index >= 15 is 0 Å². The molecule has 0 aliphatic carbocycles. The smallest absolute Gasteiger partial charge is 0.258 e. The maximum absolute atomic E-state index is 5.42. The molecule has 4 aromatic rings. The minimum atomic E-state index is 0.438. The molecule has 0 aliphatic heterocycles. The number of aromatic nitrogens is 5. The molecule has 0 unspecified atom stereocenters. The maximum atomic E-state index is 5.42. The molecule has 0 saturated heterocycles. The number of nitrogens with zero attached hydrogens (tertiary/aromatic N) is 5. The highest BCUT2D eigenvalue weighted by Gasteiger charge is 2.18. The second-order valence-electron chi connectivity index (χ2n) is 5.51. The molecule has 6 heteroatoms. The summed E-state index contributed by atoms with van der Waals surface area (Å²) in [6.45, 7) is 3.95. The normalized spacial score (nSPS) is 10.9. The Morgan fingerprint density at radius 2 is 1.67 bits per heavy atom. The van der Waals surface area contributed by atoms with Crippen molar-refractivity contribution in [2.24, 2.45) is 0 Å². The predicted molar refractivity (Wildman–Crippen MR) is 89.6 cm³/mol. The molecule has 0 spiro atoms. The second-order valence-corrected chi connectivity index (χ2v) is 5.51. The van der Waals surface area contributed by atoms with Crippen molar-refractivity contribution in [3.05, 3.63) is 65.9 Å². The third-order valence-corrected chi connectivity index (χ3v) is 3.91. The predicted octanol–water partition coefficient (Wildman–Crippen LogP) is 3.60.